The van der Waals surface area contributed by atoms with Gasteiger partial charge < -0.3 is 0 Å². The molecule has 0 amide bonds. The van der Waals surface area contributed by atoms with Crippen molar-refractivity contribution >= 4 is 23.2 Å². The van der Waals surface area contributed by atoms with Gasteiger partial charge in [-0.2, -0.15) is 0 Å². The lowest BCUT2D eigenvalue weighted by Gasteiger charge is -2.43. The first kappa shape index (κ1) is 7.24. The minimum Gasteiger partial charge on any atom is -0.121 e. The molecule has 3 aliphatic rings. The Morgan fingerprint density at radius 1 is 0.700 bits per heavy atom. The maximum Gasteiger partial charge on any atom is 0.0530 e. The predicted octanol–water partition coefficient (Wildman–Crippen LogP) is 3.02. The van der Waals surface area contributed by atoms with Gasteiger partial charge in [0.05, 0.1) is 10.8 Å². The Balaban J connectivity index is 2.13. The number of rotatable bonds is 0. The van der Waals surface area contributed by atoms with Crippen molar-refractivity contribution in [2.75, 3.05) is 0 Å². The summed E-state index contributed by atoms with van der Waals surface area (Å²) in [4.78, 5) is 0. The van der Waals surface area contributed by atoms with Crippen molar-refractivity contribution in [2.45, 2.75) is 36.4 Å². The van der Waals surface area contributed by atoms with Crippen molar-refractivity contribution in [2.24, 2.45) is 11.8 Å². The van der Waals surface area contributed by atoms with E-state index in [1.54, 1.807) is 0 Å². The molecule has 0 saturated heterocycles. The van der Waals surface area contributed by atoms with Crippen LogP contribution in [0.4, 0.5) is 0 Å². The molecule has 0 aromatic heterocycles. The second kappa shape index (κ2) is 2.57. The summed E-state index contributed by atoms with van der Waals surface area (Å²) in [5, 5.41) is 0.545. The van der Waals surface area contributed by atoms with Crippen LogP contribution in [0, 0.1) is 11.8 Å². The molecule has 0 radical (unpaired) electrons. The maximum atomic E-state index is 6.13. The van der Waals surface area contributed by atoms with Gasteiger partial charge in [-0.15, -0.1) is 23.2 Å². The van der Waals surface area contributed by atoms with E-state index in [-0.39, 0.29) is 10.8 Å². The van der Waals surface area contributed by atoms with Crippen molar-refractivity contribution in [3.63, 3.8) is 0 Å². The van der Waals surface area contributed by atoms with Crippen molar-refractivity contribution in [1.29, 1.82) is 0 Å². The second-order valence-electron chi connectivity index (χ2n) is 3.56. The molecule has 2 atom stereocenters. The molecule has 10 heavy (non-hydrogen) atoms. The van der Waals surface area contributed by atoms with Gasteiger partial charge in [-0.25, -0.2) is 0 Å². The van der Waals surface area contributed by atoms with Gasteiger partial charge in [-0.1, -0.05) is 0 Å². The quantitative estimate of drug-likeness (QED) is 0.501. The van der Waals surface area contributed by atoms with Crippen LogP contribution in [0.2, 0.25) is 0 Å². The van der Waals surface area contributed by atoms with Crippen molar-refractivity contribution in [1.82, 2.24) is 0 Å². The largest absolute Gasteiger partial charge is 0.121 e. The summed E-state index contributed by atoms with van der Waals surface area (Å²) >= 11 is 12.3. The van der Waals surface area contributed by atoms with E-state index >= 15 is 0 Å². The van der Waals surface area contributed by atoms with Crippen LogP contribution in [0.15, 0.2) is 0 Å². The van der Waals surface area contributed by atoms with Crippen LogP contribution in [0.3, 0.4) is 0 Å². The minimum absolute atomic E-state index is 0.272. The van der Waals surface area contributed by atoms with Crippen LogP contribution < -0.4 is 0 Å². The highest BCUT2D eigenvalue weighted by Gasteiger charge is 2.41. The van der Waals surface area contributed by atoms with Gasteiger partial charge in [0.2, 0.25) is 0 Å². The molecular weight excluding hydrogens is 167 g/mol. The van der Waals surface area contributed by atoms with Crippen LogP contribution in [-0.2, 0) is 0 Å². The third kappa shape index (κ3) is 0.967. The Labute approximate surface area is 71.9 Å². The lowest BCUT2D eigenvalue weighted by atomic mass is 9.70. The van der Waals surface area contributed by atoms with Crippen LogP contribution in [0.5, 0.6) is 0 Å². The Hall–Kier alpha value is 0.580. The van der Waals surface area contributed by atoms with Gasteiger partial charge >= 0.3 is 0 Å². The molecule has 2 unspecified atom stereocenters. The van der Waals surface area contributed by atoms with E-state index in [9.17, 15) is 0 Å². The first-order valence-electron chi connectivity index (χ1n) is 4.07. The molecule has 3 rings (SSSR count). The highest BCUT2D eigenvalue weighted by molar-refractivity contribution is 6.30. The monoisotopic (exact) mass is 178 g/mol. The predicted molar refractivity (Wildman–Crippen MR) is 44.7 cm³/mol. The lowest BCUT2D eigenvalue weighted by Crippen LogP contribution is -2.41. The summed E-state index contributed by atoms with van der Waals surface area (Å²) in [7, 11) is 0. The molecule has 2 heteroatoms. The van der Waals surface area contributed by atoms with E-state index in [2.05, 4.69) is 0 Å². The van der Waals surface area contributed by atoms with Gasteiger partial charge in [0.15, 0.2) is 0 Å². The highest BCUT2D eigenvalue weighted by atomic mass is 35.5. The third-order valence-corrected chi connectivity index (χ3v) is 4.41. The Morgan fingerprint density at radius 2 is 1.00 bits per heavy atom. The molecule has 2 bridgehead atoms. The summed E-state index contributed by atoms with van der Waals surface area (Å²) in [5.74, 6) is 1.46. The van der Waals surface area contributed by atoms with Crippen LogP contribution in [0.1, 0.15) is 25.7 Å². The highest BCUT2D eigenvalue weighted by Crippen LogP contribution is 2.46. The molecule has 58 valence electrons. The molecule has 3 fully saturated rings. The average Bonchev–Trinajstić information content (AvgIpc) is 2.00. The third-order valence-electron chi connectivity index (χ3n) is 3.02. The molecule has 3 aliphatic carbocycles. The fourth-order valence-electron chi connectivity index (χ4n) is 2.30. The van der Waals surface area contributed by atoms with Gasteiger partial charge in [0.25, 0.3) is 0 Å². The number of fused-ring (bicyclic) bond motifs is 3. The van der Waals surface area contributed by atoms with Gasteiger partial charge in [-0.3, -0.25) is 0 Å². The number of alkyl halides is 2. The first-order chi connectivity index (χ1) is 4.79. The Kier molecular flexibility index (Phi) is 1.86. The molecule has 0 aromatic rings. The SMILES string of the molecule is ClC1C2CCC(CC2)C1Cl. The summed E-state index contributed by atoms with van der Waals surface area (Å²) in [6.07, 6.45) is 5.29. The zero-order valence-electron chi connectivity index (χ0n) is 5.89. The van der Waals surface area contributed by atoms with Gasteiger partial charge in [-0.05, 0) is 37.5 Å². The van der Waals surface area contributed by atoms with Crippen molar-refractivity contribution in [3.05, 3.63) is 0 Å². The normalized spacial score (nSPS) is 53.4. The molecule has 0 aliphatic heterocycles. The zero-order valence-corrected chi connectivity index (χ0v) is 7.41. The summed E-state index contributed by atoms with van der Waals surface area (Å²) < 4.78 is 0. The van der Waals surface area contributed by atoms with Gasteiger partial charge in [0.1, 0.15) is 0 Å². The van der Waals surface area contributed by atoms with Crippen LogP contribution in [0.25, 0.3) is 0 Å². The van der Waals surface area contributed by atoms with E-state index < -0.39 is 0 Å². The summed E-state index contributed by atoms with van der Waals surface area (Å²) in [6, 6.07) is 0. The molecule has 0 N–H and O–H groups in total. The molecular formula is C8H12Cl2. The number of halogens is 2. The minimum atomic E-state index is 0.272. The average molecular weight is 179 g/mol. The number of hydrogen-bond acceptors (Lipinski definition) is 0. The smallest absolute Gasteiger partial charge is 0.0530 e. The standard InChI is InChI=1S/C8H12Cl2/c9-7-5-1-2-6(4-3-5)8(7)10/h5-8H,1-4H2. The first-order valence-corrected chi connectivity index (χ1v) is 4.94. The van der Waals surface area contributed by atoms with E-state index in [1.165, 1.54) is 25.7 Å². The fourth-order valence-corrected chi connectivity index (χ4v) is 3.22. The Bertz CT molecular complexity index is 107. The van der Waals surface area contributed by atoms with Crippen molar-refractivity contribution in [3.8, 4) is 0 Å². The molecule has 0 spiro atoms. The van der Waals surface area contributed by atoms with Crippen molar-refractivity contribution < 1.29 is 0 Å². The second-order valence-corrected chi connectivity index (χ2v) is 4.57. The molecule has 0 nitrogen and oxygen atoms in total. The van der Waals surface area contributed by atoms with E-state index in [1.807, 2.05) is 0 Å². The zero-order chi connectivity index (χ0) is 7.14. The Morgan fingerprint density at radius 3 is 1.20 bits per heavy atom. The molecule has 0 aromatic carbocycles. The lowest BCUT2D eigenvalue weighted by molar-refractivity contribution is 0.187. The van der Waals surface area contributed by atoms with Gasteiger partial charge in [0, 0.05) is 0 Å². The van der Waals surface area contributed by atoms with Crippen LogP contribution in [-0.4, -0.2) is 10.8 Å². The molecule has 0 heterocycles. The van der Waals surface area contributed by atoms with E-state index in [0.717, 1.165) is 11.8 Å². The van der Waals surface area contributed by atoms with E-state index in [4.69, 9.17) is 23.2 Å². The summed E-state index contributed by atoms with van der Waals surface area (Å²) in [6.45, 7) is 0. The fraction of sp³-hybridized carbons (Fsp3) is 1.00. The van der Waals surface area contributed by atoms with E-state index in [0.29, 0.717) is 0 Å². The molecule has 3 saturated carbocycles. The number of hydrogen-bond donors (Lipinski definition) is 0. The van der Waals surface area contributed by atoms with Crippen LogP contribution >= 0.6 is 23.2 Å². The maximum absolute atomic E-state index is 6.13. The summed E-state index contributed by atoms with van der Waals surface area (Å²) in [5.41, 5.74) is 0. The topological polar surface area (TPSA) is 0 Å².